The Morgan fingerprint density at radius 2 is 1.71 bits per heavy atom. The Morgan fingerprint density at radius 1 is 0.929 bits per heavy atom. The predicted molar refractivity (Wildman–Crippen MR) is 99.5 cm³/mol. The van der Waals surface area contributed by atoms with Crippen LogP contribution >= 0.6 is 23.2 Å². The fourth-order valence-corrected chi connectivity index (χ4v) is 3.22. The standard InChI is InChI=1S/C19H10Cl2F3N3O/c20-11-4-3-5-12(8-11)27-18(19(22,23)24)14(10-25-27)17-9-16(26-28-17)13-6-1-2-7-15(13)21/h1-10H. The van der Waals surface area contributed by atoms with Crippen LogP contribution < -0.4 is 0 Å². The van der Waals surface area contributed by atoms with Crippen LogP contribution in [0.15, 0.2) is 65.3 Å². The number of rotatable bonds is 3. The van der Waals surface area contributed by atoms with Crippen molar-refractivity contribution < 1.29 is 17.7 Å². The minimum Gasteiger partial charge on any atom is -0.356 e. The highest BCUT2D eigenvalue weighted by Gasteiger charge is 2.40. The van der Waals surface area contributed by atoms with Crippen LogP contribution in [0.1, 0.15) is 5.69 Å². The van der Waals surface area contributed by atoms with E-state index < -0.39 is 11.9 Å². The monoisotopic (exact) mass is 423 g/mol. The molecular weight excluding hydrogens is 414 g/mol. The maximum Gasteiger partial charge on any atom is 0.434 e. The van der Waals surface area contributed by atoms with E-state index in [1.165, 1.54) is 18.2 Å². The summed E-state index contributed by atoms with van der Waals surface area (Å²) in [6, 6.07) is 14.2. The van der Waals surface area contributed by atoms with Crippen molar-refractivity contribution in [3.8, 4) is 28.3 Å². The summed E-state index contributed by atoms with van der Waals surface area (Å²) in [6.07, 6.45) is -3.61. The van der Waals surface area contributed by atoms with Gasteiger partial charge in [0.15, 0.2) is 11.5 Å². The summed E-state index contributed by atoms with van der Waals surface area (Å²) in [5.41, 5.74) is -0.175. The lowest BCUT2D eigenvalue weighted by molar-refractivity contribution is -0.142. The molecule has 0 aliphatic carbocycles. The van der Waals surface area contributed by atoms with E-state index in [9.17, 15) is 13.2 Å². The van der Waals surface area contributed by atoms with Crippen molar-refractivity contribution in [2.45, 2.75) is 6.18 Å². The Balaban J connectivity index is 1.85. The normalized spacial score (nSPS) is 11.8. The minimum atomic E-state index is -4.69. The minimum absolute atomic E-state index is 0.0736. The van der Waals surface area contributed by atoms with Crippen molar-refractivity contribution in [3.63, 3.8) is 0 Å². The van der Waals surface area contributed by atoms with Gasteiger partial charge in [-0.2, -0.15) is 18.3 Å². The quantitative estimate of drug-likeness (QED) is 0.376. The van der Waals surface area contributed by atoms with E-state index in [1.54, 1.807) is 36.4 Å². The lowest BCUT2D eigenvalue weighted by Crippen LogP contribution is -2.14. The summed E-state index contributed by atoms with van der Waals surface area (Å²) in [5.74, 6) is -0.0736. The average molecular weight is 424 g/mol. The van der Waals surface area contributed by atoms with Gasteiger partial charge in [0.2, 0.25) is 0 Å². The second-order valence-corrected chi connectivity index (χ2v) is 6.70. The van der Waals surface area contributed by atoms with Gasteiger partial charge < -0.3 is 4.52 Å². The molecule has 4 nitrogen and oxygen atoms in total. The summed E-state index contributed by atoms with van der Waals surface area (Å²) in [4.78, 5) is 0. The highest BCUT2D eigenvalue weighted by atomic mass is 35.5. The van der Waals surface area contributed by atoms with Gasteiger partial charge in [0.05, 0.1) is 22.5 Å². The zero-order valence-electron chi connectivity index (χ0n) is 13.9. The Labute approximate surface area is 167 Å². The molecule has 4 aromatic rings. The number of benzene rings is 2. The third-order valence-corrected chi connectivity index (χ3v) is 4.58. The molecule has 0 saturated carbocycles. The number of nitrogens with zero attached hydrogens (tertiary/aromatic N) is 3. The van der Waals surface area contributed by atoms with Crippen molar-refractivity contribution >= 4 is 23.2 Å². The third kappa shape index (κ3) is 3.39. The average Bonchev–Trinajstić information content (AvgIpc) is 3.29. The molecule has 9 heteroatoms. The fraction of sp³-hybridized carbons (Fsp3) is 0.0526. The summed E-state index contributed by atoms with van der Waals surface area (Å²) >= 11 is 12.0. The van der Waals surface area contributed by atoms with Gasteiger partial charge >= 0.3 is 6.18 Å². The largest absolute Gasteiger partial charge is 0.434 e. The summed E-state index contributed by atoms with van der Waals surface area (Å²) < 4.78 is 47.5. The van der Waals surface area contributed by atoms with Crippen molar-refractivity contribution in [1.82, 2.24) is 14.9 Å². The first kappa shape index (κ1) is 18.6. The molecule has 0 fully saturated rings. The van der Waals surface area contributed by atoms with Gasteiger partial charge in [-0.1, -0.05) is 52.6 Å². The van der Waals surface area contributed by atoms with E-state index in [0.717, 1.165) is 10.9 Å². The highest BCUT2D eigenvalue weighted by Crippen LogP contribution is 2.40. The van der Waals surface area contributed by atoms with Crippen LogP contribution in [-0.2, 0) is 6.18 Å². The van der Waals surface area contributed by atoms with Crippen LogP contribution in [0, 0.1) is 0 Å². The third-order valence-electron chi connectivity index (χ3n) is 4.02. The molecule has 0 spiro atoms. The summed E-state index contributed by atoms with van der Waals surface area (Å²) in [7, 11) is 0. The second kappa shape index (κ2) is 7.00. The molecule has 0 amide bonds. The van der Waals surface area contributed by atoms with Gasteiger partial charge in [-0.05, 0) is 24.3 Å². The molecule has 2 aromatic heterocycles. The topological polar surface area (TPSA) is 43.9 Å². The summed E-state index contributed by atoms with van der Waals surface area (Å²) in [6.45, 7) is 0. The summed E-state index contributed by atoms with van der Waals surface area (Å²) in [5, 5.41) is 8.46. The smallest absolute Gasteiger partial charge is 0.356 e. The zero-order chi connectivity index (χ0) is 19.9. The van der Waals surface area contributed by atoms with E-state index >= 15 is 0 Å². The van der Waals surface area contributed by atoms with E-state index in [2.05, 4.69) is 10.3 Å². The van der Waals surface area contributed by atoms with Crippen LogP contribution in [0.3, 0.4) is 0 Å². The number of hydrogen-bond acceptors (Lipinski definition) is 3. The molecule has 0 N–H and O–H groups in total. The first-order valence-corrected chi connectivity index (χ1v) is 8.73. The number of alkyl halides is 3. The van der Waals surface area contributed by atoms with Gasteiger partial charge in [0.1, 0.15) is 5.69 Å². The SMILES string of the molecule is FC(F)(F)c1c(-c2cc(-c3ccccc3Cl)no2)cnn1-c1cccc(Cl)c1. The Bertz CT molecular complexity index is 1150. The maximum atomic E-state index is 13.8. The van der Waals surface area contributed by atoms with Gasteiger partial charge in [0.25, 0.3) is 0 Å². The van der Waals surface area contributed by atoms with E-state index in [0.29, 0.717) is 21.3 Å². The lowest BCUT2D eigenvalue weighted by Gasteiger charge is -2.12. The molecule has 0 saturated heterocycles. The van der Waals surface area contributed by atoms with Crippen LogP contribution in [0.2, 0.25) is 10.0 Å². The van der Waals surface area contributed by atoms with Gasteiger partial charge in [-0.3, -0.25) is 0 Å². The fourth-order valence-electron chi connectivity index (χ4n) is 2.80. The lowest BCUT2D eigenvalue weighted by atomic mass is 10.1. The van der Waals surface area contributed by atoms with Gasteiger partial charge in [-0.25, -0.2) is 4.68 Å². The first-order valence-electron chi connectivity index (χ1n) is 7.98. The van der Waals surface area contributed by atoms with Crippen LogP contribution in [0.5, 0.6) is 0 Å². The van der Waals surface area contributed by atoms with Crippen LogP contribution in [-0.4, -0.2) is 14.9 Å². The second-order valence-electron chi connectivity index (χ2n) is 5.85. The molecule has 0 aliphatic heterocycles. The molecular formula is C19H10Cl2F3N3O. The molecule has 2 heterocycles. The van der Waals surface area contributed by atoms with Crippen molar-refractivity contribution in [2.24, 2.45) is 0 Å². The van der Waals surface area contributed by atoms with Crippen LogP contribution in [0.4, 0.5) is 13.2 Å². The Kier molecular flexibility index (Phi) is 4.64. The molecule has 142 valence electrons. The van der Waals surface area contributed by atoms with Crippen molar-refractivity contribution in [1.29, 1.82) is 0 Å². The van der Waals surface area contributed by atoms with Crippen molar-refractivity contribution in [2.75, 3.05) is 0 Å². The van der Waals surface area contributed by atoms with Crippen molar-refractivity contribution in [3.05, 3.63) is 76.5 Å². The van der Waals surface area contributed by atoms with E-state index in [4.69, 9.17) is 27.7 Å². The molecule has 0 radical (unpaired) electrons. The van der Waals surface area contributed by atoms with Gasteiger partial charge in [0, 0.05) is 16.7 Å². The molecule has 0 atom stereocenters. The van der Waals surface area contributed by atoms with E-state index in [1.807, 2.05) is 0 Å². The predicted octanol–water partition coefficient (Wildman–Crippen LogP) is 6.52. The Morgan fingerprint density at radius 3 is 2.43 bits per heavy atom. The zero-order valence-corrected chi connectivity index (χ0v) is 15.4. The number of halogens is 5. The molecule has 0 bridgehead atoms. The first-order chi connectivity index (χ1) is 13.3. The highest BCUT2D eigenvalue weighted by molar-refractivity contribution is 6.33. The number of aromatic nitrogens is 3. The van der Waals surface area contributed by atoms with Crippen LogP contribution in [0.25, 0.3) is 28.3 Å². The molecule has 0 unspecified atom stereocenters. The Hall–Kier alpha value is -2.77. The molecule has 28 heavy (non-hydrogen) atoms. The maximum absolute atomic E-state index is 13.8. The van der Waals surface area contributed by atoms with Gasteiger partial charge in [-0.15, -0.1) is 0 Å². The molecule has 4 rings (SSSR count). The van der Waals surface area contributed by atoms with E-state index in [-0.39, 0.29) is 17.0 Å². The number of hydrogen-bond donors (Lipinski definition) is 0. The molecule has 2 aromatic carbocycles. The molecule has 0 aliphatic rings.